The molecule has 23 heavy (non-hydrogen) atoms. The van der Waals surface area contributed by atoms with Crippen LogP contribution in [0.5, 0.6) is 0 Å². The van der Waals surface area contributed by atoms with Crippen LogP contribution in [0.25, 0.3) is 0 Å². The summed E-state index contributed by atoms with van der Waals surface area (Å²) in [5, 5.41) is 5.82. The Labute approximate surface area is 137 Å². The molecule has 1 atom stereocenters. The summed E-state index contributed by atoms with van der Waals surface area (Å²) >= 11 is 0. The molecule has 1 unspecified atom stereocenters. The molecule has 0 aliphatic rings. The maximum absolute atomic E-state index is 12.2. The highest BCUT2D eigenvalue weighted by molar-refractivity contribution is 5.91. The Morgan fingerprint density at radius 1 is 1.43 bits per heavy atom. The maximum atomic E-state index is 12.2. The highest BCUT2D eigenvalue weighted by atomic mass is 16.5. The second kappa shape index (κ2) is 9.91. The fourth-order valence-corrected chi connectivity index (χ4v) is 2.16. The summed E-state index contributed by atoms with van der Waals surface area (Å²) in [4.78, 5) is 29.8. The smallest absolute Gasteiger partial charge is 0.309 e. The van der Waals surface area contributed by atoms with Crippen LogP contribution in [0.1, 0.15) is 12.5 Å². The number of aromatic nitrogens is 1. The lowest BCUT2D eigenvalue weighted by molar-refractivity contribution is -0.145. The van der Waals surface area contributed by atoms with Crippen LogP contribution in [0.2, 0.25) is 0 Å². The third kappa shape index (κ3) is 7.21. The molecular formula is C16H26N4O3. The monoisotopic (exact) mass is 322 g/mol. The highest BCUT2D eigenvalue weighted by Gasteiger charge is 2.19. The minimum absolute atomic E-state index is 0.156. The summed E-state index contributed by atoms with van der Waals surface area (Å²) in [6, 6.07) is 3.68. The van der Waals surface area contributed by atoms with E-state index in [0.717, 1.165) is 12.1 Å². The molecule has 1 amide bonds. The van der Waals surface area contributed by atoms with Crippen LogP contribution >= 0.6 is 0 Å². The van der Waals surface area contributed by atoms with Crippen molar-refractivity contribution >= 4 is 17.7 Å². The number of hydrogen-bond acceptors (Lipinski definition) is 6. The summed E-state index contributed by atoms with van der Waals surface area (Å²) < 4.78 is 4.74. The maximum Gasteiger partial charge on any atom is 0.309 e. The molecule has 0 saturated heterocycles. The van der Waals surface area contributed by atoms with Gasteiger partial charge >= 0.3 is 5.97 Å². The van der Waals surface area contributed by atoms with Gasteiger partial charge in [-0.05, 0) is 31.7 Å². The Morgan fingerprint density at radius 3 is 2.78 bits per heavy atom. The van der Waals surface area contributed by atoms with Gasteiger partial charge in [0.15, 0.2) is 0 Å². The first-order valence-electron chi connectivity index (χ1n) is 7.63. The molecule has 0 aliphatic heterocycles. The average molecular weight is 322 g/mol. The summed E-state index contributed by atoms with van der Waals surface area (Å²) in [6.45, 7) is 5.77. The summed E-state index contributed by atoms with van der Waals surface area (Å²) in [6.07, 6.45) is 1.66. The number of likely N-dealkylation sites (N-methyl/N-ethyl adjacent to an activating group) is 1. The molecule has 2 N–H and O–H groups in total. The molecule has 7 heteroatoms. The van der Waals surface area contributed by atoms with Crippen molar-refractivity contribution in [3.05, 3.63) is 23.9 Å². The Hall–Kier alpha value is -1.99. The number of ether oxygens (including phenoxy) is 1. The minimum atomic E-state index is -0.290. The minimum Gasteiger partial charge on any atom is -0.469 e. The number of amides is 1. The largest absolute Gasteiger partial charge is 0.469 e. The van der Waals surface area contributed by atoms with Gasteiger partial charge in [-0.3, -0.25) is 14.5 Å². The van der Waals surface area contributed by atoms with Gasteiger partial charge in [-0.1, -0.05) is 6.92 Å². The van der Waals surface area contributed by atoms with Crippen LogP contribution < -0.4 is 10.6 Å². The van der Waals surface area contributed by atoms with E-state index in [1.165, 1.54) is 7.11 Å². The van der Waals surface area contributed by atoms with Crippen molar-refractivity contribution in [1.82, 2.24) is 15.2 Å². The SMILES string of the molecule is CNCCN(CC(=O)Nc1cc(C)ccn1)CC(C)C(=O)OC. The predicted molar refractivity (Wildman–Crippen MR) is 89.2 cm³/mol. The summed E-state index contributed by atoms with van der Waals surface area (Å²) in [5.41, 5.74) is 1.03. The van der Waals surface area contributed by atoms with Crippen LogP contribution in [0.15, 0.2) is 18.3 Å². The molecule has 1 heterocycles. The first-order valence-corrected chi connectivity index (χ1v) is 7.63. The highest BCUT2D eigenvalue weighted by Crippen LogP contribution is 2.06. The molecule has 1 aromatic heterocycles. The molecule has 1 aromatic rings. The Morgan fingerprint density at radius 2 is 2.17 bits per heavy atom. The van der Waals surface area contributed by atoms with E-state index in [-0.39, 0.29) is 24.3 Å². The zero-order valence-corrected chi connectivity index (χ0v) is 14.3. The number of pyridine rings is 1. The number of esters is 1. The lowest BCUT2D eigenvalue weighted by Crippen LogP contribution is -2.41. The van der Waals surface area contributed by atoms with Gasteiger partial charge < -0.3 is 15.4 Å². The molecule has 128 valence electrons. The number of rotatable bonds is 9. The first-order chi connectivity index (χ1) is 11.0. The van der Waals surface area contributed by atoms with Crippen LogP contribution in [0.4, 0.5) is 5.82 Å². The van der Waals surface area contributed by atoms with Crippen molar-refractivity contribution in [3.63, 3.8) is 0 Å². The van der Waals surface area contributed by atoms with E-state index in [0.29, 0.717) is 18.9 Å². The first kappa shape index (κ1) is 19.1. The van der Waals surface area contributed by atoms with E-state index in [4.69, 9.17) is 4.74 Å². The van der Waals surface area contributed by atoms with Gasteiger partial charge in [0, 0.05) is 25.8 Å². The number of methoxy groups -OCH3 is 1. The van der Waals surface area contributed by atoms with Gasteiger partial charge in [0.25, 0.3) is 0 Å². The van der Waals surface area contributed by atoms with Gasteiger partial charge in [-0.15, -0.1) is 0 Å². The zero-order chi connectivity index (χ0) is 17.2. The molecule has 7 nitrogen and oxygen atoms in total. The summed E-state index contributed by atoms with van der Waals surface area (Å²) in [7, 11) is 3.21. The Balaban J connectivity index is 2.60. The van der Waals surface area contributed by atoms with Crippen molar-refractivity contribution < 1.29 is 14.3 Å². The van der Waals surface area contributed by atoms with Crippen molar-refractivity contribution in [3.8, 4) is 0 Å². The number of nitrogens with one attached hydrogen (secondary N) is 2. The summed E-state index contributed by atoms with van der Waals surface area (Å²) in [5.74, 6) is -0.192. The number of carbonyl (C=O) groups is 2. The van der Waals surface area contributed by atoms with Crippen molar-refractivity contribution in [2.75, 3.05) is 45.7 Å². The van der Waals surface area contributed by atoms with Crippen LogP contribution in [0, 0.1) is 12.8 Å². The van der Waals surface area contributed by atoms with Crippen molar-refractivity contribution in [1.29, 1.82) is 0 Å². The van der Waals surface area contributed by atoms with Crippen LogP contribution in [0.3, 0.4) is 0 Å². The quantitative estimate of drug-likeness (QED) is 0.650. The predicted octanol–water partition coefficient (Wildman–Crippen LogP) is 0.659. The fourth-order valence-electron chi connectivity index (χ4n) is 2.16. The Bertz CT molecular complexity index is 522. The normalized spacial score (nSPS) is 12.0. The third-order valence-corrected chi connectivity index (χ3v) is 3.36. The van der Waals surface area contributed by atoms with Crippen LogP contribution in [-0.2, 0) is 14.3 Å². The van der Waals surface area contributed by atoms with E-state index in [1.54, 1.807) is 13.1 Å². The fraction of sp³-hybridized carbons (Fsp3) is 0.562. The average Bonchev–Trinajstić information content (AvgIpc) is 2.51. The molecule has 0 saturated carbocycles. The van der Waals surface area contributed by atoms with Crippen molar-refractivity contribution in [2.45, 2.75) is 13.8 Å². The third-order valence-electron chi connectivity index (χ3n) is 3.36. The number of nitrogens with zero attached hydrogens (tertiary/aromatic N) is 2. The van der Waals surface area contributed by atoms with Gasteiger partial charge in [-0.25, -0.2) is 4.98 Å². The van der Waals surface area contributed by atoms with Gasteiger partial charge in [0.2, 0.25) is 5.91 Å². The van der Waals surface area contributed by atoms with Crippen LogP contribution in [-0.4, -0.2) is 62.1 Å². The van der Waals surface area contributed by atoms with Crippen molar-refractivity contribution in [2.24, 2.45) is 5.92 Å². The van der Waals surface area contributed by atoms with E-state index >= 15 is 0 Å². The number of hydrogen-bond donors (Lipinski definition) is 2. The standard InChI is InChI=1S/C16H26N4O3/c1-12-5-6-18-14(9-12)19-15(21)11-20(8-7-17-3)10-13(2)16(22)23-4/h5-6,9,13,17H,7-8,10-11H2,1-4H3,(H,18,19,21). The molecular weight excluding hydrogens is 296 g/mol. The molecule has 0 bridgehead atoms. The van der Waals surface area contributed by atoms with E-state index < -0.39 is 0 Å². The van der Waals surface area contributed by atoms with Gasteiger partial charge in [-0.2, -0.15) is 0 Å². The number of aryl methyl sites for hydroxylation is 1. The number of carbonyl (C=O) groups excluding carboxylic acids is 2. The Kier molecular flexibility index (Phi) is 8.21. The molecule has 0 aromatic carbocycles. The van der Waals surface area contributed by atoms with Gasteiger partial charge in [0.05, 0.1) is 19.6 Å². The van der Waals surface area contributed by atoms with E-state index in [2.05, 4.69) is 15.6 Å². The second-order valence-electron chi connectivity index (χ2n) is 5.53. The molecule has 0 radical (unpaired) electrons. The molecule has 1 rings (SSSR count). The van der Waals surface area contributed by atoms with E-state index in [9.17, 15) is 9.59 Å². The van der Waals surface area contributed by atoms with Gasteiger partial charge in [0.1, 0.15) is 5.82 Å². The lowest BCUT2D eigenvalue weighted by atomic mass is 10.1. The zero-order valence-electron chi connectivity index (χ0n) is 14.3. The molecule has 0 spiro atoms. The molecule has 0 aliphatic carbocycles. The van der Waals surface area contributed by atoms with E-state index in [1.807, 2.05) is 31.0 Å². The number of anilines is 1. The topological polar surface area (TPSA) is 83.6 Å². The second-order valence-corrected chi connectivity index (χ2v) is 5.53. The lowest BCUT2D eigenvalue weighted by Gasteiger charge is -2.24. The molecule has 0 fully saturated rings.